The number of carbonyl (C=O) groups is 1. The molecule has 0 heterocycles. The number of aryl methyl sites for hydroxylation is 1. The molecule has 128 valence electrons. The molecule has 0 radical (unpaired) electrons. The maximum atomic E-state index is 10.6. The number of carboxylic acids is 1. The summed E-state index contributed by atoms with van der Waals surface area (Å²) in [6.45, 7) is 13.1. The van der Waals surface area contributed by atoms with E-state index >= 15 is 0 Å². The summed E-state index contributed by atoms with van der Waals surface area (Å²) in [5.41, 5.74) is 5.07. The van der Waals surface area contributed by atoms with Gasteiger partial charge in [-0.05, 0) is 77.3 Å². The molecule has 0 spiro atoms. The lowest BCUT2D eigenvalue weighted by molar-refractivity contribution is -0.131. The van der Waals surface area contributed by atoms with Gasteiger partial charge in [-0.25, -0.2) is 4.79 Å². The van der Waals surface area contributed by atoms with Gasteiger partial charge < -0.3 is 5.11 Å². The van der Waals surface area contributed by atoms with Crippen LogP contribution in [-0.4, -0.2) is 11.1 Å². The summed E-state index contributed by atoms with van der Waals surface area (Å²) in [5.74, 6) is 1.94. The summed E-state index contributed by atoms with van der Waals surface area (Å²) >= 11 is 1.48. The second kappa shape index (κ2) is 6.69. The summed E-state index contributed by atoms with van der Waals surface area (Å²) in [7, 11) is 0. The summed E-state index contributed by atoms with van der Waals surface area (Å²) in [6, 6.07) is 4.61. The predicted octanol–water partition coefficient (Wildman–Crippen LogP) is 5.43. The molecule has 1 aliphatic rings. The third-order valence-corrected chi connectivity index (χ3v) is 5.76. The van der Waals surface area contributed by atoms with Crippen LogP contribution in [0.3, 0.4) is 0 Å². The Morgan fingerprint density at radius 3 is 2.25 bits per heavy atom. The molecule has 2 nitrogen and oxygen atoms in total. The van der Waals surface area contributed by atoms with E-state index in [1.807, 2.05) is 0 Å². The lowest BCUT2D eigenvalue weighted by atomic mass is 9.63. The number of thioether (sulfide) groups is 1. The van der Waals surface area contributed by atoms with Crippen LogP contribution in [0.15, 0.2) is 28.7 Å². The predicted molar refractivity (Wildman–Crippen MR) is 101 cm³/mol. The molecule has 0 amide bonds. The highest BCUT2D eigenvalue weighted by Gasteiger charge is 2.37. The highest BCUT2D eigenvalue weighted by atomic mass is 32.2. The molecule has 2 rings (SSSR count). The van der Waals surface area contributed by atoms with E-state index in [9.17, 15) is 4.79 Å². The average molecular weight is 343 g/mol. The summed E-state index contributed by atoms with van der Waals surface area (Å²) in [5, 5.41) is 11.8. The van der Waals surface area contributed by atoms with Crippen molar-refractivity contribution in [3.63, 3.8) is 0 Å². The molecule has 3 heteroatoms. The second-order valence-corrected chi connectivity index (χ2v) is 8.77. The standard InChI is InChI=1S/C21H26O2S/c1-14(11-19(22)23)7-10-24-18-13-17-16(12-15(18)2)20(3,4)8-9-21(17,5)6/h11-13H,8-9H2,1-6H3,(H,22,23). The number of hydrogen-bond acceptors (Lipinski definition) is 2. The maximum Gasteiger partial charge on any atom is 0.329 e. The van der Waals surface area contributed by atoms with Crippen LogP contribution in [0.5, 0.6) is 0 Å². The zero-order valence-corrected chi connectivity index (χ0v) is 16.2. The third-order valence-electron chi connectivity index (χ3n) is 4.90. The first-order valence-electron chi connectivity index (χ1n) is 8.28. The number of carboxylic acid groups (broad SMARTS) is 1. The Bertz CT molecular complexity index is 758. The molecule has 0 saturated heterocycles. The number of rotatable bonds is 2. The van der Waals surface area contributed by atoms with Gasteiger partial charge in [0.1, 0.15) is 0 Å². The Balaban J connectivity index is 2.38. The van der Waals surface area contributed by atoms with Crippen LogP contribution >= 0.6 is 11.8 Å². The van der Waals surface area contributed by atoms with Crippen LogP contribution in [-0.2, 0) is 15.6 Å². The minimum atomic E-state index is -0.958. The van der Waals surface area contributed by atoms with E-state index in [2.05, 4.69) is 57.9 Å². The molecule has 0 saturated carbocycles. The first kappa shape index (κ1) is 18.7. The molecule has 0 fully saturated rings. The highest BCUT2D eigenvalue weighted by Crippen LogP contribution is 2.47. The van der Waals surface area contributed by atoms with E-state index in [-0.39, 0.29) is 10.8 Å². The van der Waals surface area contributed by atoms with E-state index < -0.39 is 5.97 Å². The van der Waals surface area contributed by atoms with Crippen LogP contribution in [0.4, 0.5) is 0 Å². The van der Waals surface area contributed by atoms with Crippen LogP contribution in [0, 0.1) is 18.1 Å². The second-order valence-electron chi connectivity index (χ2n) is 7.93. The van der Waals surface area contributed by atoms with Gasteiger partial charge in [0.25, 0.3) is 0 Å². The Hall–Kier alpha value is -1.66. The van der Waals surface area contributed by atoms with Crippen molar-refractivity contribution in [2.24, 2.45) is 0 Å². The fourth-order valence-electron chi connectivity index (χ4n) is 3.19. The largest absolute Gasteiger partial charge is 0.478 e. The molecular weight excluding hydrogens is 316 g/mol. The van der Waals surface area contributed by atoms with Crippen molar-refractivity contribution in [3.8, 4) is 11.2 Å². The van der Waals surface area contributed by atoms with E-state index in [1.54, 1.807) is 6.92 Å². The molecular formula is C21H26O2S. The number of hydrogen-bond donors (Lipinski definition) is 1. The van der Waals surface area contributed by atoms with E-state index in [1.165, 1.54) is 41.3 Å². The third kappa shape index (κ3) is 4.05. The highest BCUT2D eigenvalue weighted by molar-refractivity contribution is 8.04. The van der Waals surface area contributed by atoms with Crippen molar-refractivity contribution in [2.45, 2.75) is 70.1 Å². The summed E-state index contributed by atoms with van der Waals surface area (Å²) in [4.78, 5) is 11.8. The molecule has 0 aliphatic heterocycles. The van der Waals surface area contributed by atoms with Crippen LogP contribution < -0.4 is 0 Å². The Morgan fingerprint density at radius 2 is 1.71 bits per heavy atom. The lowest BCUT2D eigenvalue weighted by Gasteiger charge is -2.42. The van der Waals surface area contributed by atoms with E-state index in [0.717, 1.165) is 11.0 Å². The molecule has 1 aliphatic carbocycles. The summed E-state index contributed by atoms with van der Waals surface area (Å²) < 4.78 is 0. The van der Waals surface area contributed by atoms with Crippen molar-refractivity contribution >= 4 is 17.7 Å². The molecule has 0 bridgehead atoms. The Kier molecular flexibility index (Phi) is 5.20. The van der Waals surface area contributed by atoms with E-state index in [0.29, 0.717) is 5.57 Å². The average Bonchev–Trinajstić information content (AvgIpc) is 2.44. The topological polar surface area (TPSA) is 37.3 Å². The van der Waals surface area contributed by atoms with Crippen LogP contribution in [0.2, 0.25) is 0 Å². The Labute approximate surface area is 149 Å². The van der Waals surface area contributed by atoms with Gasteiger partial charge in [-0.3, -0.25) is 0 Å². The minimum absolute atomic E-state index is 0.181. The fourth-order valence-corrected chi connectivity index (χ4v) is 3.91. The zero-order chi connectivity index (χ0) is 18.1. The van der Waals surface area contributed by atoms with Crippen molar-refractivity contribution in [2.75, 3.05) is 0 Å². The first-order valence-corrected chi connectivity index (χ1v) is 9.09. The van der Waals surface area contributed by atoms with Crippen molar-refractivity contribution in [3.05, 3.63) is 40.5 Å². The molecule has 0 unspecified atom stereocenters. The molecule has 1 aromatic carbocycles. The number of aliphatic carboxylic acids is 1. The molecule has 0 atom stereocenters. The molecule has 0 aromatic heterocycles. The van der Waals surface area contributed by atoms with Gasteiger partial charge >= 0.3 is 5.97 Å². The van der Waals surface area contributed by atoms with Gasteiger partial charge in [0.15, 0.2) is 0 Å². The number of benzene rings is 1. The van der Waals surface area contributed by atoms with Gasteiger partial charge in [-0.15, -0.1) is 0 Å². The Morgan fingerprint density at radius 1 is 1.17 bits per heavy atom. The maximum absolute atomic E-state index is 10.6. The van der Waals surface area contributed by atoms with Gasteiger partial charge in [-0.2, -0.15) is 0 Å². The van der Waals surface area contributed by atoms with Crippen LogP contribution in [0.1, 0.15) is 64.2 Å². The SMILES string of the molecule is CC(C#CSc1cc2c(cc1C)C(C)(C)CCC2(C)C)=CC(=O)O. The molecule has 1 N–H and O–H groups in total. The van der Waals surface area contributed by atoms with Gasteiger partial charge in [0.05, 0.1) is 0 Å². The van der Waals surface area contributed by atoms with Crippen molar-refractivity contribution < 1.29 is 9.90 Å². The molecule has 24 heavy (non-hydrogen) atoms. The minimum Gasteiger partial charge on any atom is -0.478 e. The van der Waals surface area contributed by atoms with Gasteiger partial charge in [0.2, 0.25) is 0 Å². The van der Waals surface area contributed by atoms with Crippen molar-refractivity contribution in [1.82, 2.24) is 0 Å². The summed E-state index contributed by atoms with van der Waals surface area (Å²) in [6.07, 6.45) is 3.53. The number of allylic oxidation sites excluding steroid dienone is 1. The van der Waals surface area contributed by atoms with E-state index in [4.69, 9.17) is 5.11 Å². The lowest BCUT2D eigenvalue weighted by Crippen LogP contribution is -2.34. The zero-order valence-electron chi connectivity index (χ0n) is 15.4. The normalized spacial score (nSPS) is 18.3. The van der Waals surface area contributed by atoms with Gasteiger partial charge in [-0.1, -0.05) is 39.7 Å². The molecule has 1 aromatic rings. The first-order chi connectivity index (χ1) is 11.0. The number of fused-ring (bicyclic) bond motifs is 1. The van der Waals surface area contributed by atoms with Crippen molar-refractivity contribution in [1.29, 1.82) is 0 Å². The smallest absolute Gasteiger partial charge is 0.329 e. The quantitative estimate of drug-likeness (QED) is 0.442. The fraction of sp³-hybridized carbons (Fsp3) is 0.476. The monoisotopic (exact) mass is 342 g/mol. The van der Waals surface area contributed by atoms with Crippen LogP contribution in [0.25, 0.3) is 0 Å². The van der Waals surface area contributed by atoms with Gasteiger partial charge in [0, 0.05) is 16.5 Å².